The first-order valence-electron chi connectivity index (χ1n) is 32.8. The average molecular weight is 1510 g/mol. The molecule has 11 aromatic rings. The van der Waals surface area contributed by atoms with Crippen molar-refractivity contribution in [1.29, 1.82) is 0 Å². The van der Waals surface area contributed by atoms with Crippen molar-refractivity contribution in [3.63, 3.8) is 0 Å². The highest BCUT2D eigenvalue weighted by molar-refractivity contribution is 9.10. The van der Waals surface area contributed by atoms with Gasteiger partial charge in [0, 0.05) is 62.3 Å². The Morgan fingerprint density at radius 1 is 0.481 bits per heavy atom. The number of amides is 4. The maximum Gasteiger partial charge on any atom is 0.416 e. The number of esters is 1. The van der Waals surface area contributed by atoms with Crippen LogP contribution in [0, 0.1) is 6.92 Å². The van der Waals surface area contributed by atoms with Gasteiger partial charge >= 0.3 is 24.3 Å². The van der Waals surface area contributed by atoms with Gasteiger partial charge in [-0.05, 0) is 170 Å². The Bertz CT molecular complexity index is 4930. The first kappa shape index (κ1) is 76.5. The molecule has 0 saturated carbocycles. The molecule has 4 amide bonds. The van der Waals surface area contributed by atoms with Gasteiger partial charge in [-0.3, -0.25) is 28.8 Å². The maximum absolute atomic E-state index is 13.7. The SMILES string of the molecule is COc1ccc(CC(=O)Nc2ccc(C(=O)N(CC(=O)O)Cc3ccc(-c4coc(-c5ccc(-c6ccc(C)cc6)cc5)n4)cc3)cc2)c(C(F)(F)F)c1.COc1ccc(CC(=O)Nc2ccc(C(=O)N(CC(=O)OC(C)(C)C)Cc3ccc(-c4coc(-c5ccc(Br)cc5)n4)cc3)cc2)c(C(F)(F)F)c1. The van der Waals surface area contributed by atoms with Crippen LogP contribution in [-0.2, 0) is 62.2 Å². The van der Waals surface area contributed by atoms with E-state index in [1.807, 2.05) is 91.9 Å². The Morgan fingerprint density at radius 3 is 1.23 bits per heavy atom. The zero-order valence-corrected chi connectivity index (χ0v) is 59.5. The van der Waals surface area contributed by atoms with Crippen molar-refractivity contribution in [2.75, 3.05) is 37.9 Å². The van der Waals surface area contributed by atoms with E-state index in [1.165, 1.54) is 102 Å². The van der Waals surface area contributed by atoms with E-state index in [9.17, 15) is 60.2 Å². The zero-order chi connectivity index (χ0) is 76.0. The van der Waals surface area contributed by atoms with Gasteiger partial charge in [-0.1, -0.05) is 119 Å². The predicted molar refractivity (Wildman–Crippen MR) is 389 cm³/mol. The Balaban J connectivity index is 0.000000227. The van der Waals surface area contributed by atoms with E-state index in [0.29, 0.717) is 28.7 Å². The van der Waals surface area contributed by atoms with Gasteiger partial charge in [-0.25, -0.2) is 9.97 Å². The molecule has 18 nitrogen and oxygen atoms in total. The van der Waals surface area contributed by atoms with E-state index >= 15 is 0 Å². The molecule has 544 valence electrons. The topological polar surface area (TPSA) is 233 Å². The van der Waals surface area contributed by atoms with Crippen LogP contribution in [0.3, 0.4) is 0 Å². The van der Waals surface area contributed by atoms with E-state index < -0.39 is 84.0 Å². The summed E-state index contributed by atoms with van der Waals surface area (Å²) in [5, 5.41) is 14.7. The molecule has 106 heavy (non-hydrogen) atoms. The molecule has 0 fully saturated rings. The van der Waals surface area contributed by atoms with Crippen LogP contribution in [-0.4, -0.2) is 93.4 Å². The molecule has 3 N–H and O–H groups in total. The first-order valence-corrected chi connectivity index (χ1v) is 33.6. The minimum atomic E-state index is -4.69. The highest BCUT2D eigenvalue weighted by Gasteiger charge is 2.36. The molecule has 0 atom stereocenters. The van der Waals surface area contributed by atoms with Crippen molar-refractivity contribution in [2.45, 2.75) is 71.6 Å². The number of nitrogens with zero attached hydrogens (tertiary/aromatic N) is 4. The van der Waals surface area contributed by atoms with Crippen LogP contribution in [0.5, 0.6) is 11.5 Å². The fraction of sp³-hybridized carbons (Fsp3) is 0.185. The van der Waals surface area contributed by atoms with E-state index in [2.05, 4.69) is 60.8 Å². The van der Waals surface area contributed by atoms with Crippen molar-refractivity contribution in [3.8, 4) is 68.0 Å². The molecule has 0 saturated heterocycles. The molecule has 0 aliphatic rings. The van der Waals surface area contributed by atoms with Crippen LogP contribution >= 0.6 is 15.9 Å². The summed E-state index contributed by atoms with van der Waals surface area (Å²) in [6, 6.07) is 56.5. The summed E-state index contributed by atoms with van der Waals surface area (Å²) in [5.74, 6) is -3.26. The van der Waals surface area contributed by atoms with E-state index in [4.69, 9.17) is 23.0 Å². The van der Waals surface area contributed by atoms with Gasteiger partial charge in [0.2, 0.25) is 23.6 Å². The number of anilines is 2. The number of aryl methyl sites for hydroxylation is 1. The van der Waals surface area contributed by atoms with Crippen LogP contribution < -0.4 is 20.1 Å². The molecule has 2 aromatic heterocycles. The Kier molecular flexibility index (Phi) is 24.2. The van der Waals surface area contributed by atoms with Gasteiger partial charge in [0.1, 0.15) is 54.1 Å². The van der Waals surface area contributed by atoms with Gasteiger partial charge in [0.05, 0.1) is 38.2 Å². The van der Waals surface area contributed by atoms with Crippen LogP contribution in [0.2, 0.25) is 0 Å². The summed E-state index contributed by atoms with van der Waals surface area (Å²) in [7, 11) is 2.50. The lowest BCUT2D eigenvalue weighted by Crippen LogP contribution is -2.38. The number of rotatable bonds is 23. The number of benzene rings is 9. The molecular formula is C81H69BrF6N6O12. The van der Waals surface area contributed by atoms with E-state index in [-0.39, 0.29) is 64.8 Å². The van der Waals surface area contributed by atoms with Crippen LogP contribution in [0.15, 0.2) is 232 Å². The van der Waals surface area contributed by atoms with Crippen molar-refractivity contribution >= 4 is 62.9 Å². The van der Waals surface area contributed by atoms with Crippen molar-refractivity contribution in [1.82, 2.24) is 19.8 Å². The monoisotopic (exact) mass is 1510 g/mol. The van der Waals surface area contributed by atoms with Gasteiger partial charge < -0.3 is 48.6 Å². The smallest absolute Gasteiger partial charge is 0.416 e. The second-order valence-corrected chi connectivity index (χ2v) is 26.3. The lowest BCUT2D eigenvalue weighted by Gasteiger charge is -2.25. The van der Waals surface area contributed by atoms with E-state index in [0.717, 1.165) is 55.5 Å². The Labute approximate surface area is 613 Å². The van der Waals surface area contributed by atoms with Gasteiger partial charge in [0.15, 0.2) is 0 Å². The largest absolute Gasteiger partial charge is 0.497 e. The molecule has 0 bridgehead atoms. The summed E-state index contributed by atoms with van der Waals surface area (Å²) in [6.07, 6.45) is -7.33. The minimum absolute atomic E-state index is 0.00923. The number of ether oxygens (including phenoxy) is 3. The molecule has 25 heteroatoms. The number of halogens is 7. The number of carboxylic acids is 1. The molecule has 0 spiro atoms. The fourth-order valence-corrected chi connectivity index (χ4v) is 11.3. The zero-order valence-electron chi connectivity index (χ0n) is 57.9. The lowest BCUT2D eigenvalue weighted by molar-refractivity contribution is -0.155. The number of aliphatic carboxylic acids is 1. The Hall–Kier alpha value is -12.1. The molecule has 0 aliphatic heterocycles. The molecular weight excluding hydrogens is 1440 g/mol. The van der Waals surface area contributed by atoms with E-state index in [1.54, 1.807) is 45.4 Å². The first-order chi connectivity index (χ1) is 50.4. The van der Waals surface area contributed by atoms with Gasteiger partial charge in [-0.2, -0.15) is 26.3 Å². The molecule has 2 heterocycles. The highest BCUT2D eigenvalue weighted by Crippen LogP contribution is 2.37. The quantitative estimate of drug-likeness (QED) is 0.0399. The van der Waals surface area contributed by atoms with Crippen LogP contribution in [0.1, 0.15) is 80.4 Å². The minimum Gasteiger partial charge on any atom is -0.497 e. The third-order valence-corrected chi connectivity index (χ3v) is 16.8. The molecule has 0 aliphatic carbocycles. The predicted octanol–water partition coefficient (Wildman–Crippen LogP) is 17.9. The number of aromatic nitrogens is 2. The number of hydrogen-bond donors (Lipinski definition) is 3. The molecule has 0 radical (unpaired) electrons. The van der Waals surface area contributed by atoms with Crippen molar-refractivity contribution in [2.24, 2.45) is 0 Å². The molecule has 0 unspecified atom stereocenters. The lowest BCUT2D eigenvalue weighted by atomic mass is 10.0. The number of carbonyl (C=O) groups is 6. The third kappa shape index (κ3) is 20.8. The second kappa shape index (κ2) is 33.5. The standard InChI is InChI=1S/C42H34F3N3O6.C39H35BrF3N3O6/c1-26-3-7-28(8-4-26)29-11-13-31(14-12-29)40-47-37(25-54-40)30-9-5-27(6-10-30)23-48(24-39(50)51)41(52)32-15-18-34(19-16-32)46-38(49)21-33-17-20-35(53-2)22-36(33)42(43,44)45;1-38(2,3)52-35(48)22-46(21-24-5-7-25(8-6-24)33-23-51-36(45-33)26-9-14-29(40)15-10-26)37(49)27-11-16-30(17-12-27)44-34(47)19-28-13-18-31(50-4)20-32(28)39(41,42)43/h3-20,22,25H,21,23-24H2,1-2H3,(H,46,49)(H,50,51);5-18,20,23H,19,21-22H2,1-4H3,(H,44,47). The van der Waals surface area contributed by atoms with Crippen molar-refractivity contribution < 1.29 is 83.3 Å². The number of methoxy groups -OCH3 is 2. The summed E-state index contributed by atoms with van der Waals surface area (Å²) in [4.78, 5) is 88.9. The number of hydrogen-bond acceptors (Lipinski definition) is 13. The second-order valence-electron chi connectivity index (χ2n) is 25.4. The fourth-order valence-electron chi connectivity index (χ4n) is 11.0. The van der Waals surface area contributed by atoms with Crippen LogP contribution in [0.4, 0.5) is 37.7 Å². The molecule has 11 rings (SSSR count). The number of alkyl halides is 6. The number of oxazole rings is 2. The normalized spacial score (nSPS) is 11.4. The summed E-state index contributed by atoms with van der Waals surface area (Å²) >= 11 is 3.42. The summed E-state index contributed by atoms with van der Waals surface area (Å²) in [5.41, 5.74) is 6.95. The number of carboxylic acid groups (broad SMARTS) is 1. The highest BCUT2D eigenvalue weighted by atomic mass is 79.9. The molecule has 9 aromatic carbocycles. The Morgan fingerprint density at radius 2 is 0.849 bits per heavy atom. The maximum atomic E-state index is 13.7. The van der Waals surface area contributed by atoms with Gasteiger partial charge in [0.25, 0.3) is 11.8 Å². The number of nitrogens with one attached hydrogen (secondary N) is 2. The third-order valence-electron chi connectivity index (χ3n) is 16.3. The average Bonchev–Trinajstić information content (AvgIpc) is 1.05. The summed E-state index contributed by atoms with van der Waals surface area (Å²) < 4.78 is 109. The van der Waals surface area contributed by atoms with Crippen LogP contribution in [0.25, 0.3) is 56.6 Å². The van der Waals surface area contributed by atoms with Gasteiger partial charge in [-0.15, -0.1) is 0 Å². The number of carbonyl (C=O) groups excluding carboxylic acids is 5. The van der Waals surface area contributed by atoms with Crippen molar-refractivity contribution in [3.05, 3.63) is 273 Å². The summed E-state index contributed by atoms with van der Waals surface area (Å²) in [6.45, 7) is 6.39.